The van der Waals surface area contributed by atoms with Crippen molar-refractivity contribution in [3.05, 3.63) is 65.4 Å². The molecule has 5 nitrogen and oxygen atoms in total. The fourth-order valence-electron chi connectivity index (χ4n) is 5.53. The average Bonchev–Trinajstić information content (AvgIpc) is 3.25. The summed E-state index contributed by atoms with van der Waals surface area (Å²) in [5.74, 6) is 1.49. The molecule has 142 valence electrons. The molecular formula is C23H24N4O. The van der Waals surface area contributed by atoms with Crippen LogP contribution < -0.4 is 0 Å². The highest BCUT2D eigenvalue weighted by Crippen LogP contribution is 2.55. The van der Waals surface area contributed by atoms with E-state index in [-0.39, 0.29) is 17.3 Å². The Hall–Kier alpha value is -2.82. The topological polar surface area (TPSA) is 71.5 Å². The third-order valence-electron chi connectivity index (χ3n) is 6.82. The minimum atomic E-state index is -0.228. The molecule has 2 heterocycles. The third-order valence-corrected chi connectivity index (χ3v) is 6.82. The molecule has 5 heteroatoms. The van der Waals surface area contributed by atoms with Gasteiger partial charge < -0.3 is 0 Å². The van der Waals surface area contributed by atoms with Gasteiger partial charge in [-0.15, -0.1) is 0 Å². The van der Waals surface area contributed by atoms with Crippen molar-refractivity contribution in [2.45, 2.75) is 44.9 Å². The molecule has 0 spiro atoms. The van der Waals surface area contributed by atoms with E-state index in [9.17, 15) is 4.79 Å². The number of nitrogens with one attached hydrogen (secondary N) is 1. The molecule has 5 rings (SSSR count). The molecule has 1 aromatic carbocycles. The molecule has 1 saturated carbocycles. The minimum absolute atomic E-state index is 0.0507. The maximum atomic E-state index is 12.6. The Morgan fingerprint density at radius 1 is 1.14 bits per heavy atom. The summed E-state index contributed by atoms with van der Waals surface area (Å²) < 4.78 is 0. The number of fused-ring (bicyclic) bond motifs is 3. The highest BCUT2D eigenvalue weighted by molar-refractivity contribution is 5.83. The molecule has 0 bridgehead atoms. The van der Waals surface area contributed by atoms with Crippen molar-refractivity contribution in [2.75, 3.05) is 0 Å². The summed E-state index contributed by atoms with van der Waals surface area (Å²) in [6, 6.07) is 10.7. The van der Waals surface area contributed by atoms with Gasteiger partial charge in [0.25, 0.3) is 0 Å². The van der Waals surface area contributed by atoms with Crippen molar-refractivity contribution in [1.82, 2.24) is 20.2 Å². The van der Waals surface area contributed by atoms with Crippen molar-refractivity contribution in [2.24, 2.45) is 11.8 Å². The molecule has 3 aromatic rings. The number of rotatable bonds is 2. The van der Waals surface area contributed by atoms with Crippen LogP contribution in [-0.2, 0) is 16.6 Å². The van der Waals surface area contributed by atoms with E-state index in [0.29, 0.717) is 12.2 Å². The van der Waals surface area contributed by atoms with Crippen molar-refractivity contribution < 1.29 is 4.79 Å². The molecule has 0 aliphatic heterocycles. The highest BCUT2D eigenvalue weighted by Gasteiger charge is 2.53. The number of carbonyl (C=O) groups excluding carboxylic acids is 1. The average molecular weight is 372 g/mol. The van der Waals surface area contributed by atoms with Crippen LogP contribution in [0.25, 0.3) is 11.3 Å². The zero-order chi connectivity index (χ0) is 19.3. The molecule has 1 N–H and O–H groups in total. The first-order valence-electron chi connectivity index (χ1n) is 10.1. The van der Waals surface area contributed by atoms with Gasteiger partial charge in [0, 0.05) is 35.1 Å². The first kappa shape index (κ1) is 17.3. The maximum absolute atomic E-state index is 12.6. The Bertz CT molecular complexity index is 1030. The molecule has 3 atom stereocenters. The second kappa shape index (κ2) is 6.36. The van der Waals surface area contributed by atoms with E-state index in [1.54, 1.807) is 0 Å². The lowest BCUT2D eigenvalue weighted by Gasteiger charge is -2.50. The Balaban J connectivity index is 1.81. The van der Waals surface area contributed by atoms with E-state index in [0.717, 1.165) is 42.0 Å². The van der Waals surface area contributed by atoms with E-state index in [2.05, 4.69) is 47.5 Å². The number of H-pyrrole nitrogens is 1. The summed E-state index contributed by atoms with van der Waals surface area (Å²) in [6.45, 7) is 4.07. The van der Waals surface area contributed by atoms with E-state index in [4.69, 9.17) is 9.97 Å². The SMILES string of the molecule is Cc1nc(-c2cn[nH]c2)c2c(n1)[C@@]1(c3ccccc3)CCC(=O)[C@@H](C)[C@@H]1CC2. The van der Waals surface area contributed by atoms with Gasteiger partial charge in [-0.1, -0.05) is 37.3 Å². The van der Waals surface area contributed by atoms with E-state index in [1.807, 2.05) is 19.3 Å². The maximum Gasteiger partial charge on any atom is 0.136 e. The van der Waals surface area contributed by atoms with Gasteiger partial charge in [-0.05, 0) is 37.7 Å². The van der Waals surface area contributed by atoms with Gasteiger partial charge in [-0.25, -0.2) is 9.97 Å². The molecule has 0 amide bonds. The predicted octanol–water partition coefficient (Wildman–Crippen LogP) is 4.02. The Kier molecular flexibility index (Phi) is 3.93. The number of nitrogens with zero attached hydrogens (tertiary/aromatic N) is 3. The van der Waals surface area contributed by atoms with Crippen LogP contribution in [0, 0.1) is 18.8 Å². The number of benzene rings is 1. The minimum Gasteiger partial charge on any atom is -0.299 e. The monoisotopic (exact) mass is 372 g/mol. The number of carbonyl (C=O) groups is 1. The number of hydrogen-bond acceptors (Lipinski definition) is 4. The number of ketones is 1. The summed E-state index contributed by atoms with van der Waals surface area (Å²) in [7, 11) is 0. The van der Waals surface area contributed by atoms with E-state index < -0.39 is 0 Å². The largest absolute Gasteiger partial charge is 0.299 e. The molecule has 2 aliphatic carbocycles. The predicted molar refractivity (Wildman–Crippen MR) is 107 cm³/mol. The molecule has 0 unspecified atom stereocenters. The van der Waals surface area contributed by atoms with Crippen molar-refractivity contribution in [1.29, 1.82) is 0 Å². The highest BCUT2D eigenvalue weighted by atomic mass is 16.1. The summed E-state index contributed by atoms with van der Waals surface area (Å²) in [5, 5.41) is 7.04. The van der Waals surface area contributed by atoms with Gasteiger partial charge in [0.1, 0.15) is 11.6 Å². The summed E-state index contributed by atoms with van der Waals surface area (Å²) in [4.78, 5) is 22.4. The van der Waals surface area contributed by atoms with Crippen LogP contribution in [0.15, 0.2) is 42.7 Å². The zero-order valence-corrected chi connectivity index (χ0v) is 16.3. The van der Waals surface area contributed by atoms with Gasteiger partial charge in [0.05, 0.1) is 17.6 Å². The molecule has 2 aromatic heterocycles. The van der Waals surface area contributed by atoms with Crippen molar-refractivity contribution >= 4 is 5.78 Å². The third kappa shape index (κ3) is 2.38. The summed E-state index contributed by atoms with van der Waals surface area (Å²) in [5.41, 5.74) is 5.37. The van der Waals surface area contributed by atoms with E-state index in [1.165, 1.54) is 11.1 Å². The number of aromatic nitrogens is 4. The molecule has 28 heavy (non-hydrogen) atoms. The van der Waals surface area contributed by atoms with E-state index >= 15 is 0 Å². The zero-order valence-electron chi connectivity index (χ0n) is 16.3. The van der Waals surface area contributed by atoms with Crippen LogP contribution in [-0.4, -0.2) is 25.9 Å². The Morgan fingerprint density at radius 3 is 2.71 bits per heavy atom. The quantitative estimate of drug-likeness (QED) is 0.737. The van der Waals surface area contributed by atoms with Gasteiger partial charge in [0.15, 0.2) is 0 Å². The van der Waals surface area contributed by atoms with Gasteiger partial charge in [-0.2, -0.15) is 5.10 Å². The fourth-order valence-corrected chi connectivity index (χ4v) is 5.53. The fraction of sp³-hybridized carbons (Fsp3) is 0.391. The number of hydrogen-bond donors (Lipinski definition) is 1. The lowest BCUT2D eigenvalue weighted by atomic mass is 9.52. The molecular weight excluding hydrogens is 348 g/mol. The van der Waals surface area contributed by atoms with Gasteiger partial charge >= 0.3 is 0 Å². The number of aryl methyl sites for hydroxylation is 1. The van der Waals surface area contributed by atoms with Crippen LogP contribution >= 0.6 is 0 Å². The van der Waals surface area contributed by atoms with Crippen LogP contribution in [0.5, 0.6) is 0 Å². The number of Topliss-reactive ketones (excluding diaryl/α,β-unsaturated/α-hetero) is 1. The molecule has 2 aliphatic rings. The Morgan fingerprint density at radius 2 is 1.96 bits per heavy atom. The van der Waals surface area contributed by atoms with Crippen molar-refractivity contribution in [3.8, 4) is 11.3 Å². The van der Waals surface area contributed by atoms with Crippen LogP contribution in [0.3, 0.4) is 0 Å². The van der Waals surface area contributed by atoms with Crippen molar-refractivity contribution in [3.63, 3.8) is 0 Å². The van der Waals surface area contributed by atoms with Crippen LogP contribution in [0.2, 0.25) is 0 Å². The normalized spacial score (nSPS) is 26.6. The second-order valence-electron chi connectivity index (χ2n) is 8.17. The van der Waals surface area contributed by atoms with Crippen LogP contribution in [0.4, 0.5) is 0 Å². The second-order valence-corrected chi connectivity index (χ2v) is 8.17. The molecule has 0 saturated heterocycles. The first-order chi connectivity index (χ1) is 13.6. The molecule has 0 radical (unpaired) electrons. The standard InChI is InChI=1S/C23H24N4O/c1-14-19-9-8-18-21(16-12-24-25-13-16)26-15(2)27-22(18)23(19,11-10-20(14)28)17-6-4-3-5-7-17/h3-7,12-14,19H,8-11H2,1-2H3,(H,24,25)/t14-,19-,23+/m0/s1. The summed E-state index contributed by atoms with van der Waals surface area (Å²) in [6.07, 6.45) is 7.03. The summed E-state index contributed by atoms with van der Waals surface area (Å²) >= 11 is 0. The van der Waals surface area contributed by atoms with Gasteiger partial charge in [0.2, 0.25) is 0 Å². The number of aromatic amines is 1. The smallest absolute Gasteiger partial charge is 0.136 e. The Labute approximate surface area is 164 Å². The van der Waals surface area contributed by atoms with Crippen LogP contribution in [0.1, 0.15) is 48.8 Å². The lowest BCUT2D eigenvalue weighted by Crippen LogP contribution is -2.50. The van der Waals surface area contributed by atoms with Gasteiger partial charge in [-0.3, -0.25) is 9.89 Å². The first-order valence-corrected chi connectivity index (χ1v) is 10.1. The molecule has 1 fully saturated rings. The lowest BCUT2D eigenvalue weighted by molar-refractivity contribution is -0.128.